The number of nitrogens with zero attached hydrogens (tertiary/aromatic N) is 3. The number of carbonyl (C=O) groups is 2. The van der Waals surface area contributed by atoms with Gasteiger partial charge in [-0.2, -0.15) is 5.10 Å². The Morgan fingerprint density at radius 3 is 2.15 bits per heavy atom. The van der Waals surface area contributed by atoms with E-state index < -0.39 is 5.41 Å². The minimum absolute atomic E-state index is 0.0146. The van der Waals surface area contributed by atoms with Gasteiger partial charge in [0.05, 0.1) is 11.1 Å². The first-order valence-electron chi connectivity index (χ1n) is 9.23. The van der Waals surface area contributed by atoms with Gasteiger partial charge in [0, 0.05) is 44.4 Å². The molecule has 0 spiro atoms. The molecule has 0 saturated carbocycles. The lowest BCUT2D eigenvalue weighted by atomic mass is 9.82. The Bertz CT molecular complexity index is 905. The summed E-state index contributed by atoms with van der Waals surface area (Å²) in [5.74, 6) is -0.0590. The summed E-state index contributed by atoms with van der Waals surface area (Å²) in [5, 5.41) is 4.64. The molecule has 5 heteroatoms. The van der Waals surface area contributed by atoms with Crippen LogP contribution in [0.4, 0.5) is 0 Å². The second kappa shape index (κ2) is 7.29. The fraction of sp³-hybridized carbons (Fsp3) is 0.500. The summed E-state index contributed by atoms with van der Waals surface area (Å²) in [6.45, 7) is 11.7. The van der Waals surface area contributed by atoms with Crippen molar-refractivity contribution in [1.82, 2.24) is 14.7 Å². The van der Waals surface area contributed by atoms with Crippen molar-refractivity contribution < 1.29 is 9.59 Å². The predicted molar refractivity (Wildman–Crippen MR) is 109 cm³/mol. The number of benzene rings is 1. The molecule has 1 aromatic heterocycles. The van der Waals surface area contributed by atoms with Crippen LogP contribution < -0.4 is 0 Å². The third-order valence-corrected chi connectivity index (χ3v) is 5.35. The van der Waals surface area contributed by atoms with Crippen molar-refractivity contribution in [2.75, 3.05) is 14.1 Å². The molecule has 0 aliphatic rings. The van der Waals surface area contributed by atoms with Crippen LogP contribution >= 0.6 is 0 Å². The highest BCUT2D eigenvalue weighted by atomic mass is 16.2. The van der Waals surface area contributed by atoms with Gasteiger partial charge in [-0.1, -0.05) is 19.9 Å². The lowest BCUT2D eigenvalue weighted by Crippen LogP contribution is -2.37. The van der Waals surface area contributed by atoms with Gasteiger partial charge in [-0.15, -0.1) is 0 Å². The van der Waals surface area contributed by atoms with Crippen LogP contribution in [0.2, 0.25) is 0 Å². The summed E-state index contributed by atoms with van der Waals surface area (Å²) in [6, 6.07) is 3.98. The second-order valence-corrected chi connectivity index (χ2v) is 8.35. The first-order chi connectivity index (χ1) is 12.4. The monoisotopic (exact) mass is 369 g/mol. The van der Waals surface area contributed by atoms with Crippen molar-refractivity contribution in [3.05, 3.63) is 40.1 Å². The van der Waals surface area contributed by atoms with Gasteiger partial charge in [-0.3, -0.25) is 14.3 Å². The molecule has 0 saturated heterocycles. The molecular formula is C22H31N3O2. The number of aryl methyl sites for hydroxylation is 3. The molecule has 2 aromatic rings. The smallest absolute Gasteiger partial charge is 0.228 e. The summed E-state index contributed by atoms with van der Waals surface area (Å²) >= 11 is 0. The van der Waals surface area contributed by atoms with Gasteiger partial charge in [0.25, 0.3) is 0 Å². The lowest BCUT2D eigenvalue weighted by Gasteiger charge is -2.26. The number of hydrogen-bond donors (Lipinski definition) is 0. The zero-order chi connectivity index (χ0) is 20.7. The second-order valence-electron chi connectivity index (χ2n) is 8.35. The Morgan fingerprint density at radius 1 is 1.07 bits per heavy atom. The summed E-state index contributed by atoms with van der Waals surface area (Å²) in [5.41, 5.74) is 6.05. The molecule has 27 heavy (non-hydrogen) atoms. The molecule has 2 rings (SSSR count). The van der Waals surface area contributed by atoms with Gasteiger partial charge in [0.2, 0.25) is 5.91 Å². The summed E-state index contributed by atoms with van der Waals surface area (Å²) in [7, 11) is 5.36. The fourth-order valence-electron chi connectivity index (χ4n) is 3.56. The molecular weight excluding hydrogens is 338 g/mol. The van der Waals surface area contributed by atoms with E-state index in [4.69, 9.17) is 0 Å². The maximum absolute atomic E-state index is 13.1. The molecule has 0 fully saturated rings. The molecule has 1 heterocycles. The van der Waals surface area contributed by atoms with Crippen LogP contribution in [-0.4, -0.2) is 40.5 Å². The molecule has 0 unspecified atom stereocenters. The Kier molecular flexibility index (Phi) is 5.64. The van der Waals surface area contributed by atoms with Crippen molar-refractivity contribution in [2.24, 2.45) is 12.5 Å². The lowest BCUT2D eigenvalue weighted by molar-refractivity contribution is -0.137. The van der Waals surface area contributed by atoms with E-state index in [-0.39, 0.29) is 18.1 Å². The van der Waals surface area contributed by atoms with Gasteiger partial charge in [-0.05, 0) is 50.5 Å². The number of Topliss-reactive ketones (excluding diaryl/α,β-unsaturated/α-hetero) is 1. The van der Waals surface area contributed by atoms with E-state index in [1.807, 2.05) is 58.5 Å². The number of aromatic nitrogens is 2. The van der Waals surface area contributed by atoms with E-state index in [0.29, 0.717) is 5.56 Å². The Balaban J connectivity index is 2.48. The van der Waals surface area contributed by atoms with Crippen molar-refractivity contribution in [3.63, 3.8) is 0 Å². The van der Waals surface area contributed by atoms with E-state index in [9.17, 15) is 9.59 Å². The highest BCUT2D eigenvalue weighted by Gasteiger charge is 2.32. The third kappa shape index (κ3) is 3.97. The molecule has 5 nitrogen and oxygen atoms in total. The number of hydrogen-bond acceptors (Lipinski definition) is 3. The van der Waals surface area contributed by atoms with E-state index in [0.717, 1.165) is 33.6 Å². The van der Waals surface area contributed by atoms with Crippen LogP contribution in [-0.2, 0) is 11.8 Å². The third-order valence-electron chi connectivity index (χ3n) is 5.35. The summed E-state index contributed by atoms with van der Waals surface area (Å²) in [6.07, 6.45) is 0.174. The van der Waals surface area contributed by atoms with Crippen LogP contribution in [0.1, 0.15) is 53.0 Å². The molecule has 1 aromatic carbocycles. The average molecular weight is 370 g/mol. The highest BCUT2D eigenvalue weighted by molar-refractivity contribution is 6.01. The maximum Gasteiger partial charge on any atom is 0.228 e. The van der Waals surface area contributed by atoms with Gasteiger partial charge in [0.1, 0.15) is 0 Å². The largest absolute Gasteiger partial charge is 0.348 e. The number of rotatable bonds is 5. The zero-order valence-corrected chi connectivity index (χ0v) is 18.0. The Labute approximate surface area is 162 Å². The van der Waals surface area contributed by atoms with E-state index in [1.54, 1.807) is 19.0 Å². The van der Waals surface area contributed by atoms with Crippen molar-refractivity contribution in [3.8, 4) is 11.3 Å². The van der Waals surface area contributed by atoms with Gasteiger partial charge < -0.3 is 4.90 Å². The minimum atomic E-state index is -0.741. The minimum Gasteiger partial charge on any atom is -0.348 e. The van der Waals surface area contributed by atoms with Crippen LogP contribution in [0.25, 0.3) is 11.3 Å². The molecule has 0 atom stereocenters. The van der Waals surface area contributed by atoms with Gasteiger partial charge in [0.15, 0.2) is 5.78 Å². The first kappa shape index (κ1) is 20.9. The number of ketones is 1. The first-order valence-corrected chi connectivity index (χ1v) is 9.23. The summed E-state index contributed by atoms with van der Waals surface area (Å²) in [4.78, 5) is 27.0. The van der Waals surface area contributed by atoms with Crippen LogP contribution in [0, 0.1) is 33.1 Å². The molecule has 0 bridgehead atoms. The predicted octanol–water partition coefficient (Wildman–Crippen LogP) is 4.01. The Morgan fingerprint density at radius 2 is 1.67 bits per heavy atom. The van der Waals surface area contributed by atoms with Crippen LogP contribution in [0.3, 0.4) is 0 Å². The van der Waals surface area contributed by atoms with Crippen molar-refractivity contribution >= 4 is 11.7 Å². The number of amides is 1. The van der Waals surface area contributed by atoms with Gasteiger partial charge >= 0.3 is 0 Å². The quantitative estimate of drug-likeness (QED) is 0.748. The molecule has 0 aliphatic heterocycles. The molecule has 0 aliphatic carbocycles. The average Bonchev–Trinajstić information content (AvgIpc) is 2.81. The normalized spacial score (nSPS) is 11.6. The Hall–Kier alpha value is -2.43. The fourth-order valence-corrected chi connectivity index (χ4v) is 3.56. The SMILES string of the molecule is Cc1cc(C)c(-c2nn(C)c(C)c2C)cc1C(=O)CC(C)(C)C(=O)N(C)C. The molecule has 0 radical (unpaired) electrons. The van der Waals surface area contributed by atoms with E-state index in [2.05, 4.69) is 12.0 Å². The molecule has 146 valence electrons. The summed E-state index contributed by atoms with van der Waals surface area (Å²) < 4.78 is 1.87. The van der Waals surface area contributed by atoms with Crippen LogP contribution in [0.5, 0.6) is 0 Å². The standard InChI is InChI=1S/C22H31N3O2/c1-13-10-14(2)18(20-15(3)16(4)25(9)23-20)11-17(13)19(26)12-22(5,6)21(27)24(7)8/h10-11H,12H2,1-9H3. The van der Waals surface area contributed by atoms with E-state index >= 15 is 0 Å². The number of carbonyl (C=O) groups excluding carboxylic acids is 2. The van der Waals surface area contributed by atoms with Gasteiger partial charge in [-0.25, -0.2) is 0 Å². The topological polar surface area (TPSA) is 55.2 Å². The zero-order valence-electron chi connectivity index (χ0n) is 18.0. The molecule has 0 N–H and O–H groups in total. The maximum atomic E-state index is 13.1. The van der Waals surface area contributed by atoms with Crippen LogP contribution in [0.15, 0.2) is 12.1 Å². The van der Waals surface area contributed by atoms with Crippen molar-refractivity contribution in [2.45, 2.75) is 48.0 Å². The van der Waals surface area contributed by atoms with E-state index in [1.165, 1.54) is 0 Å². The molecule has 1 amide bonds. The van der Waals surface area contributed by atoms with Crippen molar-refractivity contribution in [1.29, 1.82) is 0 Å². The highest BCUT2D eigenvalue weighted by Crippen LogP contribution is 2.32.